The van der Waals surface area contributed by atoms with E-state index in [1.165, 1.54) is 48.7 Å². The quantitative estimate of drug-likeness (QED) is 0.476. The predicted octanol–water partition coefficient (Wildman–Crippen LogP) is 2.97. The van der Waals surface area contributed by atoms with Crippen molar-refractivity contribution in [3.8, 4) is 11.5 Å². The summed E-state index contributed by atoms with van der Waals surface area (Å²) in [5.74, 6) is -1.07. The molecule has 1 saturated heterocycles. The molecule has 0 unspecified atom stereocenters. The van der Waals surface area contributed by atoms with E-state index in [4.69, 9.17) is 42.1 Å². The summed E-state index contributed by atoms with van der Waals surface area (Å²) < 4.78 is 47.9. The predicted molar refractivity (Wildman–Crippen MR) is 129 cm³/mol. The molecule has 1 fully saturated rings. The van der Waals surface area contributed by atoms with Gasteiger partial charge in [-0.2, -0.15) is 4.31 Å². The molecule has 0 aromatic heterocycles. The van der Waals surface area contributed by atoms with Gasteiger partial charge in [-0.15, -0.1) is 0 Å². The van der Waals surface area contributed by atoms with Gasteiger partial charge in [0, 0.05) is 24.2 Å². The van der Waals surface area contributed by atoms with E-state index < -0.39 is 34.6 Å². The molecule has 2 aromatic carbocycles. The van der Waals surface area contributed by atoms with Crippen molar-refractivity contribution in [2.75, 3.05) is 45.3 Å². The lowest BCUT2D eigenvalue weighted by Crippen LogP contribution is -2.40. The van der Waals surface area contributed by atoms with Crippen molar-refractivity contribution >= 4 is 50.8 Å². The molecule has 35 heavy (non-hydrogen) atoms. The van der Waals surface area contributed by atoms with Crippen molar-refractivity contribution in [2.45, 2.75) is 17.9 Å². The van der Waals surface area contributed by atoms with Crippen LogP contribution in [0.1, 0.15) is 6.92 Å². The van der Waals surface area contributed by atoms with Crippen molar-refractivity contribution in [1.82, 2.24) is 4.31 Å². The normalized spacial score (nSPS) is 15.2. The third-order valence-corrected chi connectivity index (χ3v) is 7.36. The molecule has 2 aromatic rings. The number of ether oxygens (including phenoxy) is 4. The largest absolute Gasteiger partial charge is 0.495 e. The Kier molecular flexibility index (Phi) is 9.20. The third-order valence-electron chi connectivity index (χ3n) is 4.93. The number of methoxy groups -OCH3 is 1. The van der Waals surface area contributed by atoms with Crippen LogP contribution in [0, 0.1) is 0 Å². The van der Waals surface area contributed by atoms with E-state index in [9.17, 15) is 18.0 Å². The minimum absolute atomic E-state index is 0.0208. The maximum atomic E-state index is 12.8. The van der Waals surface area contributed by atoms with Crippen molar-refractivity contribution < 1.29 is 37.0 Å². The highest BCUT2D eigenvalue weighted by molar-refractivity contribution is 7.89. The van der Waals surface area contributed by atoms with Crippen molar-refractivity contribution in [1.29, 1.82) is 0 Å². The van der Waals surface area contributed by atoms with Crippen molar-refractivity contribution in [3.63, 3.8) is 0 Å². The molecule has 10 nitrogen and oxygen atoms in total. The van der Waals surface area contributed by atoms with Crippen LogP contribution in [0.25, 0.3) is 0 Å². The summed E-state index contributed by atoms with van der Waals surface area (Å²) in [6.45, 7) is 1.99. The highest BCUT2D eigenvalue weighted by Gasteiger charge is 2.27. The van der Waals surface area contributed by atoms with Crippen LogP contribution in [0.2, 0.25) is 10.0 Å². The Bertz CT molecular complexity index is 1190. The van der Waals surface area contributed by atoms with Gasteiger partial charge in [0.25, 0.3) is 5.91 Å². The molecular formula is C22H24Cl2N2O8S. The molecule has 1 heterocycles. The zero-order valence-corrected chi connectivity index (χ0v) is 21.3. The summed E-state index contributed by atoms with van der Waals surface area (Å²) in [4.78, 5) is 24.6. The first-order valence-corrected chi connectivity index (χ1v) is 12.7. The maximum Gasteiger partial charge on any atom is 0.347 e. The maximum absolute atomic E-state index is 12.8. The number of nitrogens with one attached hydrogen (secondary N) is 1. The van der Waals surface area contributed by atoms with Gasteiger partial charge < -0.3 is 24.3 Å². The molecule has 1 aliphatic heterocycles. The molecule has 1 atom stereocenters. The van der Waals surface area contributed by atoms with Crippen LogP contribution in [-0.4, -0.2) is 70.7 Å². The van der Waals surface area contributed by atoms with Gasteiger partial charge in [-0.3, -0.25) is 4.79 Å². The minimum Gasteiger partial charge on any atom is -0.495 e. The van der Waals surface area contributed by atoms with Crippen LogP contribution in [0.5, 0.6) is 11.5 Å². The van der Waals surface area contributed by atoms with E-state index in [-0.39, 0.29) is 40.2 Å². The molecule has 0 bridgehead atoms. The van der Waals surface area contributed by atoms with Crippen molar-refractivity contribution in [2.24, 2.45) is 0 Å². The number of hydrogen-bond donors (Lipinski definition) is 1. The number of morpholine rings is 1. The van der Waals surface area contributed by atoms with Gasteiger partial charge in [-0.1, -0.05) is 23.2 Å². The Balaban J connectivity index is 1.58. The Morgan fingerprint density at radius 2 is 1.83 bits per heavy atom. The molecule has 3 rings (SSSR count). The Morgan fingerprint density at radius 1 is 1.11 bits per heavy atom. The van der Waals surface area contributed by atoms with Crippen LogP contribution < -0.4 is 14.8 Å². The third kappa shape index (κ3) is 6.98. The van der Waals surface area contributed by atoms with E-state index in [2.05, 4.69) is 5.32 Å². The fraction of sp³-hybridized carbons (Fsp3) is 0.364. The SMILES string of the molecule is COc1cc(S(=O)(=O)N2CCOCC2)ccc1NC(=O)COC(=O)[C@H](C)Oc1ccc(Cl)cc1Cl. The molecule has 1 N–H and O–H groups in total. The first-order valence-electron chi connectivity index (χ1n) is 10.5. The number of anilines is 1. The topological polar surface area (TPSA) is 120 Å². The molecule has 0 aliphatic carbocycles. The number of esters is 1. The number of amides is 1. The number of carbonyl (C=O) groups excluding carboxylic acids is 2. The van der Waals surface area contributed by atoms with E-state index in [0.717, 1.165) is 0 Å². The Morgan fingerprint density at radius 3 is 2.49 bits per heavy atom. The average molecular weight is 547 g/mol. The Hall–Kier alpha value is -2.57. The molecule has 0 saturated carbocycles. The van der Waals surface area contributed by atoms with Crippen molar-refractivity contribution in [3.05, 3.63) is 46.4 Å². The molecule has 190 valence electrons. The van der Waals surface area contributed by atoms with Crippen LogP contribution in [0.3, 0.4) is 0 Å². The highest BCUT2D eigenvalue weighted by Crippen LogP contribution is 2.30. The van der Waals surface area contributed by atoms with Gasteiger partial charge >= 0.3 is 5.97 Å². The van der Waals surface area contributed by atoms with Crippen LogP contribution in [0.15, 0.2) is 41.3 Å². The van der Waals surface area contributed by atoms with Crippen LogP contribution in [0.4, 0.5) is 5.69 Å². The lowest BCUT2D eigenvalue weighted by Gasteiger charge is -2.26. The van der Waals surface area contributed by atoms with Gasteiger partial charge in [0.2, 0.25) is 10.0 Å². The molecule has 0 spiro atoms. The lowest BCUT2D eigenvalue weighted by atomic mass is 10.3. The van der Waals surface area contributed by atoms with Gasteiger partial charge in [0.05, 0.1) is 35.9 Å². The summed E-state index contributed by atoms with van der Waals surface area (Å²) in [5, 5.41) is 3.17. The second-order valence-electron chi connectivity index (χ2n) is 7.37. The number of halogens is 2. The minimum atomic E-state index is -3.74. The zero-order valence-electron chi connectivity index (χ0n) is 19.0. The molecule has 13 heteroatoms. The second kappa shape index (κ2) is 11.9. The number of sulfonamides is 1. The average Bonchev–Trinajstić information content (AvgIpc) is 2.84. The number of nitrogens with zero attached hydrogens (tertiary/aromatic N) is 1. The summed E-state index contributed by atoms with van der Waals surface area (Å²) >= 11 is 11.9. The standard InChI is InChI=1S/C22H24Cl2N2O8S/c1-14(34-19-6-3-15(23)11-17(19)24)22(28)33-13-21(27)25-18-5-4-16(12-20(18)31-2)35(29,30)26-7-9-32-10-8-26/h3-6,11-12,14H,7-10,13H2,1-2H3,(H,25,27)/t14-/m0/s1. The van der Waals surface area contributed by atoms with E-state index in [1.807, 2.05) is 0 Å². The van der Waals surface area contributed by atoms with E-state index in [1.54, 1.807) is 6.07 Å². The van der Waals surface area contributed by atoms with Gasteiger partial charge in [0.15, 0.2) is 12.7 Å². The smallest absolute Gasteiger partial charge is 0.347 e. The molecule has 1 aliphatic rings. The highest BCUT2D eigenvalue weighted by atomic mass is 35.5. The van der Waals surface area contributed by atoms with Gasteiger partial charge in [0.1, 0.15) is 11.5 Å². The Labute approximate surface area is 213 Å². The summed E-state index contributed by atoms with van der Waals surface area (Å²) in [5.41, 5.74) is 0.215. The summed E-state index contributed by atoms with van der Waals surface area (Å²) in [7, 11) is -2.40. The number of rotatable bonds is 9. The second-order valence-corrected chi connectivity index (χ2v) is 10.2. The monoisotopic (exact) mass is 546 g/mol. The number of carbonyl (C=O) groups is 2. The fourth-order valence-electron chi connectivity index (χ4n) is 3.12. The lowest BCUT2D eigenvalue weighted by molar-refractivity contribution is -0.153. The molecule has 0 radical (unpaired) electrons. The van der Waals surface area contributed by atoms with E-state index in [0.29, 0.717) is 18.2 Å². The fourth-order valence-corrected chi connectivity index (χ4v) is 5.00. The summed E-state index contributed by atoms with van der Waals surface area (Å²) in [6.07, 6.45) is -1.04. The van der Waals surface area contributed by atoms with E-state index >= 15 is 0 Å². The molecular weight excluding hydrogens is 523 g/mol. The van der Waals surface area contributed by atoms with Crippen LogP contribution in [-0.2, 0) is 29.1 Å². The molecule has 1 amide bonds. The van der Waals surface area contributed by atoms with Crippen LogP contribution >= 0.6 is 23.2 Å². The first-order chi connectivity index (χ1) is 16.6. The summed E-state index contributed by atoms with van der Waals surface area (Å²) in [6, 6.07) is 8.61. The zero-order chi connectivity index (χ0) is 25.6. The van der Waals surface area contributed by atoms with Gasteiger partial charge in [-0.25, -0.2) is 13.2 Å². The number of hydrogen-bond acceptors (Lipinski definition) is 8. The first kappa shape index (κ1) is 27.0. The van der Waals surface area contributed by atoms with Gasteiger partial charge in [-0.05, 0) is 37.3 Å². The number of benzene rings is 2.